The van der Waals surface area contributed by atoms with Gasteiger partial charge in [0.1, 0.15) is 5.69 Å². The van der Waals surface area contributed by atoms with E-state index >= 15 is 0 Å². The summed E-state index contributed by atoms with van der Waals surface area (Å²) in [4.78, 5) is 13.5. The van der Waals surface area contributed by atoms with Crippen LogP contribution in [0.5, 0.6) is 5.75 Å². The number of alkyl halides is 3. The van der Waals surface area contributed by atoms with Crippen molar-refractivity contribution in [1.29, 1.82) is 0 Å². The van der Waals surface area contributed by atoms with Crippen LogP contribution in [0.25, 0.3) is 0 Å². The predicted octanol–water partition coefficient (Wildman–Crippen LogP) is 1.33. The minimum Gasteiger partial charge on any atom is -0.481 e. The van der Waals surface area contributed by atoms with Crippen molar-refractivity contribution >= 4 is 11.7 Å². The van der Waals surface area contributed by atoms with Gasteiger partial charge in [0.2, 0.25) is 0 Å². The lowest BCUT2D eigenvalue weighted by molar-refractivity contribution is -0.274. The average Bonchev–Trinajstić information content (AvgIpc) is 2.15. The molecule has 0 fully saturated rings. The molecule has 9 heteroatoms. The van der Waals surface area contributed by atoms with Gasteiger partial charge in [-0.1, -0.05) is 0 Å². The Morgan fingerprint density at radius 1 is 1.53 bits per heavy atom. The monoisotopic (exact) mass is 254 g/mol. The molecule has 0 aliphatic rings. The molecule has 1 aromatic heterocycles. The Hall–Kier alpha value is -2.06. The largest absolute Gasteiger partial charge is 0.573 e. The maximum Gasteiger partial charge on any atom is 0.573 e. The minimum atomic E-state index is -5.03. The van der Waals surface area contributed by atoms with Crippen molar-refractivity contribution in [1.82, 2.24) is 4.98 Å². The summed E-state index contributed by atoms with van der Waals surface area (Å²) in [5.41, 5.74) is 3.53. The number of ether oxygens (including phenoxy) is 1. The molecule has 0 aliphatic heterocycles. The van der Waals surface area contributed by atoms with Crippen molar-refractivity contribution in [2.24, 2.45) is 0 Å². The Balaban J connectivity index is 3.06. The normalized spacial score (nSPS) is 11.3. The van der Waals surface area contributed by atoms with Gasteiger partial charge in [-0.2, -0.15) is 0 Å². The number of aliphatic carboxylic acids is 1. The first-order valence-corrected chi connectivity index (χ1v) is 4.11. The number of carbonyl (C=O) groups is 1. The third kappa shape index (κ3) is 3.47. The molecule has 0 saturated carbocycles. The van der Waals surface area contributed by atoms with Crippen molar-refractivity contribution in [3.05, 3.63) is 17.7 Å². The topological polar surface area (TPSA) is 85.4 Å². The molecule has 5 nitrogen and oxygen atoms in total. The second kappa shape index (κ2) is 4.44. The van der Waals surface area contributed by atoms with E-state index in [1.165, 1.54) is 0 Å². The standard InChI is InChI=1S/C8H6F4N2O3/c9-6-3(1-5(15)16)14-2-4(7(6)13)17-8(10,11)12/h2H,1H2,(H2,13,14)(H,15,16). The van der Waals surface area contributed by atoms with Crippen molar-refractivity contribution in [2.45, 2.75) is 12.8 Å². The van der Waals surface area contributed by atoms with E-state index in [4.69, 9.17) is 10.8 Å². The summed E-state index contributed by atoms with van der Waals surface area (Å²) in [5, 5.41) is 8.38. The highest BCUT2D eigenvalue weighted by Gasteiger charge is 2.33. The highest BCUT2D eigenvalue weighted by molar-refractivity contribution is 5.70. The van der Waals surface area contributed by atoms with Crippen LogP contribution < -0.4 is 10.5 Å². The minimum absolute atomic E-state index is 0.518. The van der Waals surface area contributed by atoms with Crippen LogP contribution in [0, 0.1) is 5.82 Å². The lowest BCUT2D eigenvalue weighted by Gasteiger charge is -2.12. The Kier molecular flexibility index (Phi) is 3.39. The number of halogens is 4. The highest BCUT2D eigenvalue weighted by Crippen LogP contribution is 2.30. The van der Waals surface area contributed by atoms with Crippen molar-refractivity contribution < 1.29 is 32.2 Å². The van der Waals surface area contributed by atoms with Crippen LogP contribution in [0.1, 0.15) is 5.69 Å². The number of hydrogen-bond donors (Lipinski definition) is 2. The second-order valence-electron chi connectivity index (χ2n) is 2.92. The molecule has 0 unspecified atom stereocenters. The van der Waals surface area contributed by atoms with Gasteiger partial charge in [-0.3, -0.25) is 9.78 Å². The zero-order chi connectivity index (χ0) is 13.2. The number of carboxylic acids is 1. The number of aromatic nitrogens is 1. The van der Waals surface area contributed by atoms with E-state index in [0.717, 1.165) is 0 Å². The molecule has 1 heterocycles. The fraction of sp³-hybridized carbons (Fsp3) is 0.250. The molecule has 0 saturated heterocycles. The zero-order valence-corrected chi connectivity index (χ0v) is 8.08. The molecule has 0 atom stereocenters. The van der Waals surface area contributed by atoms with Crippen LogP contribution in [-0.4, -0.2) is 22.4 Å². The maximum absolute atomic E-state index is 13.3. The summed E-state index contributed by atoms with van der Waals surface area (Å²) < 4.78 is 52.2. The molecule has 1 rings (SSSR count). The number of nitrogens with zero attached hydrogens (tertiary/aromatic N) is 1. The van der Waals surface area contributed by atoms with Gasteiger partial charge in [-0.25, -0.2) is 4.39 Å². The van der Waals surface area contributed by atoms with E-state index in [1.807, 2.05) is 0 Å². The number of pyridine rings is 1. The summed E-state index contributed by atoms with van der Waals surface area (Å²) in [6.07, 6.45) is -5.30. The van der Waals surface area contributed by atoms with E-state index in [9.17, 15) is 22.4 Å². The molecule has 0 aliphatic carbocycles. The molecule has 0 radical (unpaired) electrons. The fourth-order valence-electron chi connectivity index (χ4n) is 0.999. The molecule has 0 aromatic carbocycles. The first kappa shape index (κ1) is 13.0. The lowest BCUT2D eigenvalue weighted by atomic mass is 10.2. The molecule has 0 amide bonds. The van der Waals surface area contributed by atoms with E-state index in [-0.39, 0.29) is 0 Å². The summed E-state index contributed by atoms with van der Waals surface area (Å²) in [5.74, 6) is -3.74. The number of carboxylic acid groups (broad SMARTS) is 1. The maximum atomic E-state index is 13.3. The molecule has 17 heavy (non-hydrogen) atoms. The van der Waals surface area contributed by atoms with Crippen molar-refractivity contribution in [3.8, 4) is 5.75 Å². The Morgan fingerprint density at radius 3 is 2.59 bits per heavy atom. The van der Waals surface area contributed by atoms with E-state index in [1.54, 1.807) is 0 Å². The molecule has 0 spiro atoms. The van der Waals surface area contributed by atoms with Gasteiger partial charge < -0.3 is 15.6 Å². The third-order valence-corrected chi connectivity index (χ3v) is 1.64. The Labute approximate surface area is 91.8 Å². The summed E-state index contributed by atoms with van der Waals surface area (Å²) in [6.45, 7) is 0. The van der Waals surface area contributed by atoms with Crippen molar-refractivity contribution in [2.75, 3.05) is 5.73 Å². The lowest BCUT2D eigenvalue weighted by Crippen LogP contribution is -2.19. The van der Waals surface area contributed by atoms with Crippen LogP contribution in [0.4, 0.5) is 23.2 Å². The number of nitrogen functional groups attached to an aromatic ring is 1. The number of nitrogens with two attached hydrogens (primary N) is 1. The van der Waals surface area contributed by atoms with Crippen molar-refractivity contribution in [3.63, 3.8) is 0 Å². The second-order valence-corrected chi connectivity index (χ2v) is 2.92. The molecule has 94 valence electrons. The summed E-state index contributed by atoms with van der Waals surface area (Å²) >= 11 is 0. The van der Waals surface area contributed by atoms with Gasteiger partial charge in [0, 0.05) is 0 Å². The molecule has 3 N–H and O–H groups in total. The molecule has 1 aromatic rings. The Morgan fingerprint density at radius 2 is 2.12 bits per heavy atom. The van der Waals surface area contributed by atoms with E-state index in [2.05, 4.69) is 9.72 Å². The highest BCUT2D eigenvalue weighted by atomic mass is 19.4. The number of anilines is 1. The van der Waals surface area contributed by atoms with Crippen LogP contribution in [0.2, 0.25) is 0 Å². The number of rotatable bonds is 3. The van der Waals surface area contributed by atoms with Gasteiger partial charge in [-0.15, -0.1) is 13.2 Å². The van der Waals surface area contributed by atoms with Gasteiger partial charge in [-0.05, 0) is 0 Å². The van der Waals surface area contributed by atoms with E-state index in [0.29, 0.717) is 6.20 Å². The first-order chi connectivity index (χ1) is 7.70. The van der Waals surface area contributed by atoms with Gasteiger partial charge in [0.05, 0.1) is 18.3 Å². The smallest absolute Gasteiger partial charge is 0.481 e. The quantitative estimate of drug-likeness (QED) is 0.795. The van der Waals surface area contributed by atoms with Crippen LogP contribution in [0.15, 0.2) is 6.20 Å². The van der Waals surface area contributed by atoms with E-state index < -0.39 is 41.7 Å². The summed E-state index contributed by atoms with van der Waals surface area (Å²) in [7, 11) is 0. The number of hydrogen-bond acceptors (Lipinski definition) is 4. The van der Waals surface area contributed by atoms with Crippen LogP contribution >= 0.6 is 0 Å². The molecular weight excluding hydrogens is 248 g/mol. The average molecular weight is 254 g/mol. The Bertz CT molecular complexity index is 447. The van der Waals surface area contributed by atoms with Gasteiger partial charge >= 0.3 is 12.3 Å². The van der Waals surface area contributed by atoms with Crippen LogP contribution in [0.3, 0.4) is 0 Å². The predicted molar refractivity (Wildman–Crippen MR) is 46.6 cm³/mol. The molecule has 0 bridgehead atoms. The van der Waals surface area contributed by atoms with Gasteiger partial charge in [0.15, 0.2) is 11.6 Å². The zero-order valence-electron chi connectivity index (χ0n) is 8.08. The van der Waals surface area contributed by atoms with Gasteiger partial charge in [0.25, 0.3) is 0 Å². The molecular formula is C8H6F4N2O3. The first-order valence-electron chi connectivity index (χ1n) is 4.11. The van der Waals surface area contributed by atoms with Crippen LogP contribution in [-0.2, 0) is 11.2 Å². The third-order valence-electron chi connectivity index (χ3n) is 1.64. The summed E-state index contributed by atoms with van der Waals surface area (Å²) in [6, 6.07) is 0. The fourth-order valence-corrected chi connectivity index (χ4v) is 0.999. The SMILES string of the molecule is Nc1c(OC(F)(F)F)cnc(CC(=O)O)c1F.